The monoisotopic (exact) mass is 2060 g/mol. The van der Waals surface area contributed by atoms with Gasteiger partial charge in [-0.3, -0.25) is 23.5 Å². The molecule has 0 radical (unpaired) electrons. The number of benzene rings is 4. The van der Waals surface area contributed by atoms with Gasteiger partial charge in [0.25, 0.3) is 17.0 Å². The summed E-state index contributed by atoms with van der Waals surface area (Å²) in [6.07, 6.45) is 12.5. The van der Waals surface area contributed by atoms with Gasteiger partial charge in [-0.25, -0.2) is 33.7 Å². The molecule has 4 saturated heterocycles. The molecule has 145 heavy (non-hydrogen) atoms. The molecule has 4 aromatic carbocycles. The molecule has 4 aliphatic heterocycles. The number of nitriles is 2. The molecule has 30 nitrogen and oxygen atoms in total. The lowest BCUT2D eigenvalue weighted by Gasteiger charge is -2.44. The van der Waals surface area contributed by atoms with E-state index in [1.165, 1.54) is 40.9 Å². The average molecular weight is 2060 g/mol. The number of aromatic amines is 1. The Hall–Kier alpha value is -13.2. The Balaban J connectivity index is 0.000000136. The number of H-pyrrole nitrogens is 1. The molecule has 0 atom stereocenters. The molecule has 0 bridgehead atoms. The first kappa shape index (κ1) is 105. The summed E-state index contributed by atoms with van der Waals surface area (Å²) in [5.41, 5.74) is 17.1. The van der Waals surface area contributed by atoms with Crippen LogP contribution in [0.5, 0.6) is 0 Å². The highest BCUT2D eigenvalue weighted by molar-refractivity contribution is 9.10. The van der Waals surface area contributed by atoms with Crippen molar-refractivity contribution in [3.8, 4) is 34.9 Å². The number of carbonyl (C=O) groups excluding carboxylic acids is 1. The normalized spacial score (nSPS) is 14.6. The van der Waals surface area contributed by atoms with Crippen LogP contribution in [0.3, 0.4) is 0 Å². The summed E-state index contributed by atoms with van der Waals surface area (Å²) in [4.78, 5) is 75.6. The number of anilines is 4. The zero-order chi connectivity index (χ0) is 104. The zero-order valence-corrected chi connectivity index (χ0v) is 89.5. The minimum absolute atomic E-state index is 0.0720. The number of nitrogens with one attached hydrogen (secondary N) is 1. The van der Waals surface area contributed by atoms with Crippen LogP contribution < -0.4 is 36.5 Å². The summed E-state index contributed by atoms with van der Waals surface area (Å²) >= 11 is 3.52. The molecule has 758 valence electrons. The Morgan fingerprint density at radius 1 is 0.455 bits per heavy atom. The maximum absolute atomic E-state index is 15.3. The topological polar surface area (TPSA) is 351 Å². The van der Waals surface area contributed by atoms with Gasteiger partial charge in [0, 0.05) is 120 Å². The summed E-state index contributed by atoms with van der Waals surface area (Å²) in [5, 5.41) is 53.9. The molecule has 1 amide bonds. The SMILES string of the molecule is CC(C)(C)c1cc(F)c2c(=O)n(-c3cccc(-n4cc(C#N)c5ccc(N6CCOCC6)nc54)c3CO)ncc2c1.CC(C)(C)c1cc(F)c2c(=O)n(-c3cccc(-n4cc(C(N)=O)c5ccc(N6CCOCC6)nc54)c3CO)ncc2c1.CC(C)[Si](C(C)C)(C(C)C)n1ccc2ccc(Br)nc21.CC(C)[Si](C(C)C)(C(C)C)n1ccc2ccc(N3CCOCC3)nc21.N#Cc1c[nH]c2nc(N3CCOCC3)ccc12. The van der Waals surface area contributed by atoms with Gasteiger partial charge in [-0.1, -0.05) is 137 Å². The molecular weight excluding hydrogens is 1930 g/mol. The molecule has 35 heteroatoms. The van der Waals surface area contributed by atoms with Crippen LogP contribution in [0.25, 0.3) is 99.5 Å². The predicted molar refractivity (Wildman–Crippen MR) is 579 cm³/mol. The lowest BCUT2D eigenvalue weighted by Crippen LogP contribution is -2.51. The number of nitrogens with zero attached hydrogens (tertiary/aromatic N) is 19. The Bertz CT molecular complexity index is 7640. The van der Waals surface area contributed by atoms with Crippen LogP contribution >= 0.6 is 15.9 Å². The molecule has 0 saturated carbocycles. The number of halogens is 3. The first-order valence-corrected chi connectivity index (χ1v) is 55.0. The number of hydrogen-bond acceptors (Lipinski definition) is 22. The van der Waals surface area contributed by atoms with Gasteiger partial charge in [-0.05, 0) is 205 Å². The van der Waals surface area contributed by atoms with Crippen molar-refractivity contribution in [3.63, 3.8) is 0 Å². The van der Waals surface area contributed by atoms with E-state index in [0.29, 0.717) is 164 Å². The molecule has 0 aliphatic carbocycles. The molecule has 12 aromatic heterocycles. The number of carbonyl (C=O) groups is 1. The van der Waals surface area contributed by atoms with Crippen molar-refractivity contribution < 1.29 is 42.7 Å². The van der Waals surface area contributed by atoms with Crippen LogP contribution in [0.2, 0.25) is 33.2 Å². The highest BCUT2D eigenvalue weighted by Gasteiger charge is 2.48. The number of rotatable bonds is 19. The standard InChI is InChI=1S/C31H31FN6O4.C31H29FN6O3.C20H33N3OSi.C16H25BrN2Si.C12H12N4O/c1-31(2,3)19-13-18-15-34-38(30(41)27(18)23(32)14-19)25-6-4-5-24(22(25)17-39)37-16-21(28(33)40)20-7-8-26(35-29(20)37)36-9-11-42-12-10-36;1-31(2,3)21-13-19-16-34-38(30(40)28(19)24(32)14-21)26-6-4-5-25(23(26)18-39)37-17-20(15-33)22-7-8-27(35-29(22)37)36-9-11-41-12-10-36;1-15(2)25(16(3)4,17(5)6)23-10-9-18-7-8-19(21-20(18)23)22-11-13-24-14-12-22;1-11(2)20(12(3)4,13(5)6)19-10-9-14-7-8-15(17)18-16(14)19;13-7-9-8-14-12-10(9)1-2-11(15-12)16-3-5-17-6-4-16/h4-8,13-16,39H,9-12,17H2,1-3H3,(H2,33,40);4-8,13-14,16-17,39H,9-12,18H2,1-3H3;7-10,15-17H,11-14H2,1-6H3;7-13H,1-6H3;1-2,8H,3-6H2,(H,14,15). The van der Waals surface area contributed by atoms with Crippen molar-refractivity contribution in [2.24, 2.45) is 5.73 Å². The largest absolute Gasteiger partial charge is 0.392 e. The van der Waals surface area contributed by atoms with E-state index in [1.54, 1.807) is 82.3 Å². The number of morpholine rings is 4. The third kappa shape index (κ3) is 20.6. The van der Waals surface area contributed by atoms with Crippen molar-refractivity contribution in [1.29, 1.82) is 10.5 Å². The highest BCUT2D eigenvalue weighted by atomic mass is 79.9. The summed E-state index contributed by atoms with van der Waals surface area (Å²) < 4.78 is 64.1. The predicted octanol–water partition coefficient (Wildman–Crippen LogP) is 19.9. The lowest BCUT2D eigenvalue weighted by molar-refractivity contribution is 0.100. The second-order valence-corrected chi connectivity index (χ2v) is 53.6. The first-order valence-electron chi connectivity index (χ1n) is 49.8. The van der Waals surface area contributed by atoms with Gasteiger partial charge < -0.3 is 67.9 Å². The van der Waals surface area contributed by atoms with E-state index in [0.717, 1.165) is 112 Å². The van der Waals surface area contributed by atoms with Crippen molar-refractivity contribution in [2.75, 3.05) is 125 Å². The number of pyridine rings is 5. The van der Waals surface area contributed by atoms with Crippen LogP contribution in [0.15, 0.2) is 191 Å². The van der Waals surface area contributed by atoms with Gasteiger partial charge >= 0.3 is 0 Å². The fourth-order valence-electron chi connectivity index (χ4n) is 22.0. The Labute approximate surface area is 853 Å². The number of hydrogen-bond donors (Lipinski definition) is 4. The van der Waals surface area contributed by atoms with E-state index in [4.69, 9.17) is 49.9 Å². The fourth-order valence-corrected chi connectivity index (χ4v) is 35.4. The van der Waals surface area contributed by atoms with E-state index in [2.05, 4.69) is 202 Å². The van der Waals surface area contributed by atoms with Crippen molar-refractivity contribution in [1.82, 2.24) is 67.1 Å². The third-order valence-electron chi connectivity index (χ3n) is 29.0. The second kappa shape index (κ2) is 43.6. The molecule has 5 N–H and O–H groups in total. The number of ether oxygens (including phenoxy) is 4. The first-order chi connectivity index (χ1) is 69.4. The van der Waals surface area contributed by atoms with Crippen LogP contribution in [0.1, 0.15) is 168 Å². The van der Waals surface area contributed by atoms with Crippen LogP contribution in [0, 0.1) is 34.3 Å². The van der Waals surface area contributed by atoms with Gasteiger partial charge in [0.05, 0.1) is 129 Å². The third-order valence-corrected chi connectivity index (χ3v) is 42.9. The van der Waals surface area contributed by atoms with Crippen LogP contribution in [-0.2, 0) is 43.0 Å². The van der Waals surface area contributed by atoms with E-state index >= 15 is 8.78 Å². The molecule has 4 fully saturated rings. The maximum atomic E-state index is 15.3. The highest BCUT2D eigenvalue weighted by Crippen LogP contribution is 2.47. The summed E-state index contributed by atoms with van der Waals surface area (Å²) in [6, 6.07) is 45.3. The number of fused-ring (bicyclic) bond motifs is 7. The van der Waals surface area contributed by atoms with Gasteiger partial charge in [0.2, 0.25) is 0 Å². The quantitative estimate of drug-likeness (QED) is 0.0431. The Morgan fingerprint density at radius 3 is 1.21 bits per heavy atom. The van der Waals surface area contributed by atoms with Gasteiger partial charge in [0.15, 0.2) is 16.5 Å². The van der Waals surface area contributed by atoms with Crippen molar-refractivity contribution in [3.05, 3.63) is 253 Å². The smallest absolute Gasteiger partial charge is 0.282 e. The van der Waals surface area contributed by atoms with Gasteiger partial charge in [0.1, 0.15) is 79.9 Å². The molecule has 0 spiro atoms. The summed E-state index contributed by atoms with van der Waals surface area (Å²) in [7, 11) is -3.48. The second-order valence-electron chi connectivity index (χ2n) is 41.3. The van der Waals surface area contributed by atoms with Crippen LogP contribution in [0.4, 0.5) is 32.1 Å². The van der Waals surface area contributed by atoms with Crippen LogP contribution in [-0.4, -0.2) is 205 Å². The minimum Gasteiger partial charge on any atom is -0.392 e. The minimum atomic E-state index is -1.78. The Kier molecular flexibility index (Phi) is 31.5. The number of aliphatic hydroxyl groups is 2. The molecule has 16 heterocycles. The number of aliphatic hydroxyl groups excluding tert-OH is 2. The van der Waals surface area contributed by atoms with E-state index in [1.807, 2.05) is 77.9 Å². The molecule has 20 rings (SSSR count). The van der Waals surface area contributed by atoms with Gasteiger partial charge in [-0.15, -0.1) is 0 Å². The summed E-state index contributed by atoms with van der Waals surface area (Å²) in [5.74, 6) is 1.61. The fraction of sp³-hybridized carbons (Fsp3) is 0.400. The molecule has 16 aromatic rings. The van der Waals surface area contributed by atoms with E-state index in [9.17, 15) is 29.9 Å². The van der Waals surface area contributed by atoms with Crippen molar-refractivity contribution >= 4 is 138 Å². The average Bonchev–Trinajstić information content (AvgIpc) is 1.64. The molecular formula is C110H130BrF2N21O9Si2. The molecule has 0 unspecified atom stereocenters. The maximum Gasteiger partial charge on any atom is 0.282 e. The van der Waals surface area contributed by atoms with Gasteiger partial charge in [-0.2, -0.15) is 30.1 Å². The van der Waals surface area contributed by atoms with Crippen molar-refractivity contribution in [2.45, 2.75) is 182 Å². The number of aromatic nitrogens is 14. The number of nitrogens with two attached hydrogens (primary N) is 1. The molecule has 4 aliphatic rings. The Morgan fingerprint density at radius 2 is 0.814 bits per heavy atom. The van der Waals surface area contributed by atoms with E-state index in [-0.39, 0.29) is 32.9 Å². The number of amides is 1. The zero-order valence-electron chi connectivity index (χ0n) is 85.9. The lowest BCUT2D eigenvalue weighted by atomic mass is 9.86. The summed E-state index contributed by atoms with van der Waals surface area (Å²) in [6.45, 7) is 51.4. The van der Waals surface area contributed by atoms with E-state index < -0.39 is 58.3 Å². The number of primary amides is 1.